The van der Waals surface area contributed by atoms with Crippen LogP contribution in [0, 0.1) is 5.92 Å². The Morgan fingerprint density at radius 2 is 1.75 bits per heavy atom. The van der Waals surface area contributed by atoms with Crippen LogP contribution in [0.3, 0.4) is 0 Å². The molecular formula is C20H26ClN3O4. The first-order valence-electron chi connectivity index (χ1n) is 9.70. The van der Waals surface area contributed by atoms with Crippen LogP contribution in [0.1, 0.15) is 25.3 Å². The maximum atomic E-state index is 12.9. The number of ether oxygens (including phenoxy) is 1. The molecule has 0 N–H and O–H groups in total. The average molecular weight is 408 g/mol. The van der Waals surface area contributed by atoms with Gasteiger partial charge >= 0.3 is 6.09 Å². The molecule has 0 radical (unpaired) electrons. The summed E-state index contributed by atoms with van der Waals surface area (Å²) in [6.45, 7) is 4.98. The lowest BCUT2D eigenvalue weighted by Crippen LogP contribution is -2.54. The van der Waals surface area contributed by atoms with Crippen LogP contribution in [-0.2, 0) is 20.9 Å². The number of hydrogen-bond acceptors (Lipinski definition) is 4. The molecule has 3 rings (SSSR count). The van der Waals surface area contributed by atoms with Gasteiger partial charge in [0, 0.05) is 50.7 Å². The summed E-state index contributed by atoms with van der Waals surface area (Å²) < 4.78 is 5.01. The van der Waals surface area contributed by atoms with Gasteiger partial charge < -0.3 is 19.4 Å². The number of halogens is 1. The van der Waals surface area contributed by atoms with Gasteiger partial charge in [-0.05, 0) is 31.0 Å². The number of piperazine rings is 1. The number of piperidine rings is 1. The molecule has 3 amide bonds. The van der Waals surface area contributed by atoms with Gasteiger partial charge in [-0.2, -0.15) is 0 Å². The van der Waals surface area contributed by atoms with Gasteiger partial charge in [0.25, 0.3) is 0 Å². The van der Waals surface area contributed by atoms with Crippen molar-refractivity contribution in [1.82, 2.24) is 14.7 Å². The molecule has 28 heavy (non-hydrogen) atoms. The first-order valence-corrected chi connectivity index (χ1v) is 10.1. The van der Waals surface area contributed by atoms with Crippen molar-refractivity contribution in [2.24, 2.45) is 5.92 Å². The van der Waals surface area contributed by atoms with Crippen LogP contribution in [0.15, 0.2) is 24.3 Å². The zero-order valence-electron chi connectivity index (χ0n) is 16.1. The second kappa shape index (κ2) is 9.28. The van der Waals surface area contributed by atoms with Crippen molar-refractivity contribution in [2.75, 3.05) is 39.3 Å². The van der Waals surface area contributed by atoms with E-state index in [1.54, 1.807) is 33.8 Å². The number of carbonyl (C=O) groups excluding carboxylic acids is 3. The number of hydrogen-bond donors (Lipinski definition) is 0. The number of benzene rings is 1. The Hall–Kier alpha value is -2.28. The van der Waals surface area contributed by atoms with Gasteiger partial charge in [-0.3, -0.25) is 9.59 Å². The van der Waals surface area contributed by atoms with E-state index < -0.39 is 0 Å². The summed E-state index contributed by atoms with van der Waals surface area (Å²) in [5.74, 6) is -0.0533. The van der Waals surface area contributed by atoms with E-state index in [0.717, 1.165) is 5.56 Å². The fraction of sp³-hybridized carbons (Fsp3) is 0.550. The maximum Gasteiger partial charge on any atom is 0.409 e. The number of amides is 3. The molecule has 2 aliphatic heterocycles. The third-order valence-electron chi connectivity index (χ3n) is 5.25. The molecular weight excluding hydrogens is 382 g/mol. The van der Waals surface area contributed by atoms with Gasteiger partial charge in [0.05, 0.1) is 12.5 Å². The Morgan fingerprint density at radius 3 is 2.39 bits per heavy atom. The van der Waals surface area contributed by atoms with E-state index in [0.29, 0.717) is 63.7 Å². The van der Waals surface area contributed by atoms with E-state index in [1.165, 1.54) is 0 Å². The summed E-state index contributed by atoms with van der Waals surface area (Å²) in [5, 5.41) is 0.656. The highest BCUT2D eigenvalue weighted by molar-refractivity contribution is 6.30. The highest BCUT2D eigenvalue weighted by atomic mass is 35.5. The quantitative estimate of drug-likeness (QED) is 0.768. The van der Waals surface area contributed by atoms with Gasteiger partial charge in [-0.1, -0.05) is 23.7 Å². The van der Waals surface area contributed by atoms with Crippen molar-refractivity contribution in [3.8, 4) is 0 Å². The molecule has 0 unspecified atom stereocenters. The number of carbonyl (C=O) groups is 3. The predicted octanol–water partition coefficient (Wildman–Crippen LogP) is 2.38. The van der Waals surface area contributed by atoms with Crippen LogP contribution >= 0.6 is 11.6 Å². The Bertz CT molecular complexity index is 717. The van der Waals surface area contributed by atoms with Crippen LogP contribution in [0.5, 0.6) is 0 Å². The highest BCUT2D eigenvalue weighted by Gasteiger charge is 2.34. The van der Waals surface area contributed by atoms with E-state index in [4.69, 9.17) is 16.3 Å². The third kappa shape index (κ3) is 4.95. The lowest BCUT2D eigenvalue weighted by molar-refractivity contribution is -0.144. The van der Waals surface area contributed by atoms with Crippen LogP contribution in [-0.4, -0.2) is 71.9 Å². The summed E-state index contributed by atoms with van der Waals surface area (Å²) in [7, 11) is 0. The molecule has 8 heteroatoms. The lowest BCUT2D eigenvalue weighted by Gasteiger charge is -2.38. The zero-order chi connectivity index (χ0) is 20.1. The molecule has 0 bridgehead atoms. The monoisotopic (exact) mass is 407 g/mol. The summed E-state index contributed by atoms with van der Waals surface area (Å²) in [4.78, 5) is 42.2. The first kappa shape index (κ1) is 20.5. The van der Waals surface area contributed by atoms with E-state index in [2.05, 4.69) is 0 Å². The largest absolute Gasteiger partial charge is 0.450 e. The molecule has 1 atom stereocenters. The molecule has 2 aliphatic rings. The fourth-order valence-corrected chi connectivity index (χ4v) is 3.79. The van der Waals surface area contributed by atoms with Crippen molar-refractivity contribution in [2.45, 2.75) is 26.3 Å². The molecule has 7 nitrogen and oxygen atoms in total. The minimum Gasteiger partial charge on any atom is -0.450 e. The number of rotatable bonds is 4. The van der Waals surface area contributed by atoms with Gasteiger partial charge in [0.1, 0.15) is 0 Å². The molecule has 2 saturated heterocycles. The smallest absolute Gasteiger partial charge is 0.409 e. The summed E-state index contributed by atoms with van der Waals surface area (Å²) in [6, 6.07) is 7.40. The predicted molar refractivity (Wildman–Crippen MR) is 105 cm³/mol. The second-order valence-electron chi connectivity index (χ2n) is 7.15. The van der Waals surface area contributed by atoms with E-state index in [9.17, 15) is 14.4 Å². The molecule has 2 heterocycles. The van der Waals surface area contributed by atoms with Crippen LogP contribution in [0.25, 0.3) is 0 Å². The van der Waals surface area contributed by atoms with Gasteiger partial charge in [0.15, 0.2) is 0 Å². The van der Waals surface area contributed by atoms with Crippen molar-refractivity contribution in [3.63, 3.8) is 0 Å². The average Bonchev–Trinajstić information content (AvgIpc) is 2.71. The Kier molecular flexibility index (Phi) is 6.78. The summed E-state index contributed by atoms with van der Waals surface area (Å²) in [6.07, 6.45) is 0.631. The topological polar surface area (TPSA) is 70.2 Å². The lowest BCUT2D eigenvalue weighted by atomic mass is 9.95. The van der Waals surface area contributed by atoms with Crippen molar-refractivity contribution < 1.29 is 19.1 Å². The summed E-state index contributed by atoms with van der Waals surface area (Å²) >= 11 is 5.92. The standard InChI is InChI=1S/C20H26ClN3O4/c1-2-28-20(27)23-11-9-22(10-12-23)19(26)16-5-8-18(25)24(14-16)13-15-3-6-17(21)7-4-15/h3-4,6-7,16H,2,5,8-14H2,1H3/t16-/m0/s1. The second-order valence-corrected chi connectivity index (χ2v) is 7.58. The van der Waals surface area contributed by atoms with Crippen molar-refractivity contribution >= 4 is 29.5 Å². The van der Waals surface area contributed by atoms with Crippen LogP contribution in [0.2, 0.25) is 5.02 Å². The number of likely N-dealkylation sites (tertiary alicyclic amines) is 1. The molecule has 0 aromatic heterocycles. The zero-order valence-corrected chi connectivity index (χ0v) is 16.9. The Balaban J connectivity index is 1.55. The molecule has 2 fully saturated rings. The van der Waals surface area contributed by atoms with Crippen LogP contribution < -0.4 is 0 Å². The van der Waals surface area contributed by atoms with E-state index in [1.807, 2.05) is 12.1 Å². The molecule has 0 spiro atoms. The number of nitrogens with zero attached hydrogens (tertiary/aromatic N) is 3. The minimum absolute atomic E-state index is 0.0668. The van der Waals surface area contributed by atoms with E-state index in [-0.39, 0.29) is 23.8 Å². The first-order chi connectivity index (χ1) is 13.5. The third-order valence-corrected chi connectivity index (χ3v) is 5.51. The van der Waals surface area contributed by atoms with Crippen molar-refractivity contribution in [3.05, 3.63) is 34.9 Å². The van der Waals surface area contributed by atoms with Gasteiger partial charge in [-0.25, -0.2) is 4.79 Å². The van der Waals surface area contributed by atoms with E-state index >= 15 is 0 Å². The normalized spacial score (nSPS) is 20.3. The fourth-order valence-electron chi connectivity index (χ4n) is 3.66. The summed E-state index contributed by atoms with van der Waals surface area (Å²) in [5.41, 5.74) is 0.994. The Labute approximate surface area is 170 Å². The maximum absolute atomic E-state index is 12.9. The molecule has 0 aliphatic carbocycles. The van der Waals surface area contributed by atoms with Gasteiger partial charge in [0.2, 0.25) is 11.8 Å². The molecule has 0 saturated carbocycles. The minimum atomic E-state index is -0.327. The molecule has 1 aromatic rings. The Morgan fingerprint density at radius 1 is 1.11 bits per heavy atom. The van der Waals surface area contributed by atoms with Crippen LogP contribution in [0.4, 0.5) is 4.79 Å². The highest BCUT2D eigenvalue weighted by Crippen LogP contribution is 2.23. The van der Waals surface area contributed by atoms with Crippen molar-refractivity contribution in [1.29, 1.82) is 0 Å². The SMILES string of the molecule is CCOC(=O)N1CCN(C(=O)[C@H]2CCC(=O)N(Cc3ccc(Cl)cc3)C2)CC1. The molecule has 1 aromatic carbocycles. The van der Waals surface area contributed by atoms with Gasteiger partial charge in [-0.15, -0.1) is 0 Å². The molecule has 152 valence electrons.